The molecule has 0 fully saturated rings. The van der Waals surface area contributed by atoms with Crippen LogP contribution in [0.5, 0.6) is 0 Å². The molecular formula is C17H6F10O4. The van der Waals surface area contributed by atoms with E-state index in [9.17, 15) is 53.5 Å². The van der Waals surface area contributed by atoms with Crippen molar-refractivity contribution in [3.8, 4) is 0 Å². The molecule has 2 rings (SSSR count). The van der Waals surface area contributed by atoms with Gasteiger partial charge in [-0.05, 0) is 0 Å². The van der Waals surface area contributed by atoms with Crippen LogP contribution in [-0.2, 0) is 9.47 Å². The molecule has 0 atom stereocenters. The molecule has 0 aliphatic heterocycles. The molecule has 0 aliphatic carbocycles. The fourth-order valence-electron chi connectivity index (χ4n) is 2.10. The molecule has 2 aromatic carbocycles. The first-order chi connectivity index (χ1) is 14.4. The third-order valence-corrected chi connectivity index (χ3v) is 3.58. The largest absolute Gasteiger partial charge is 0.462 e. The van der Waals surface area contributed by atoms with Crippen molar-refractivity contribution >= 4 is 11.9 Å². The van der Waals surface area contributed by atoms with E-state index < -0.39 is 101 Å². The Morgan fingerprint density at radius 2 is 0.677 bits per heavy atom. The van der Waals surface area contributed by atoms with Gasteiger partial charge in [0.05, 0.1) is 13.2 Å². The zero-order valence-corrected chi connectivity index (χ0v) is 14.5. The predicted molar refractivity (Wildman–Crippen MR) is 77.6 cm³/mol. The third-order valence-electron chi connectivity index (χ3n) is 3.58. The summed E-state index contributed by atoms with van der Waals surface area (Å²) in [6, 6.07) is 0. The Labute approximate surface area is 165 Å². The van der Waals surface area contributed by atoms with E-state index in [4.69, 9.17) is 0 Å². The van der Waals surface area contributed by atoms with Crippen molar-refractivity contribution in [2.75, 3.05) is 13.2 Å². The summed E-state index contributed by atoms with van der Waals surface area (Å²) in [7, 11) is 0. The van der Waals surface area contributed by atoms with E-state index in [0.717, 1.165) is 0 Å². The summed E-state index contributed by atoms with van der Waals surface area (Å²) in [5.41, 5.74) is -3.79. The highest BCUT2D eigenvalue weighted by Gasteiger charge is 2.32. The van der Waals surface area contributed by atoms with Crippen LogP contribution in [0.4, 0.5) is 43.9 Å². The summed E-state index contributed by atoms with van der Waals surface area (Å²) < 4.78 is 140. The monoisotopic (exact) mass is 464 g/mol. The van der Waals surface area contributed by atoms with Gasteiger partial charge in [0.15, 0.2) is 46.5 Å². The first kappa shape index (κ1) is 24.0. The molecule has 0 aliphatic rings. The maximum Gasteiger partial charge on any atom is 0.344 e. The Morgan fingerprint density at radius 1 is 0.452 bits per heavy atom. The lowest BCUT2D eigenvalue weighted by Gasteiger charge is -2.10. The number of benzene rings is 2. The molecule has 0 bridgehead atoms. The molecule has 0 aromatic heterocycles. The predicted octanol–water partition coefficient (Wildman–Crippen LogP) is 4.48. The van der Waals surface area contributed by atoms with Crippen molar-refractivity contribution in [1.82, 2.24) is 0 Å². The number of ether oxygens (including phenoxy) is 2. The van der Waals surface area contributed by atoms with Gasteiger partial charge in [-0.3, -0.25) is 0 Å². The lowest BCUT2D eigenvalue weighted by atomic mass is 10.1. The first-order valence-corrected chi connectivity index (χ1v) is 7.78. The number of carbonyl (C=O) groups excluding carboxylic acids is 2. The van der Waals surface area contributed by atoms with E-state index in [-0.39, 0.29) is 0 Å². The summed E-state index contributed by atoms with van der Waals surface area (Å²) >= 11 is 0. The van der Waals surface area contributed by atoms with Gasteiger partial charge in [0.1, 0.15) is 11.1 Å². The number of esters is 2. The number of hydrogen-bond donors (Lipinski definition) is 0. The Kier molecular flexibility index (Phi) is 7.13. The van der Waals surface area contributed by atoms with Gasteiger partial charge < -0.3 is 9.47 Å². The van der Waals surface area contributed by atoms with Gasteiger partial charge in [0, 0.05) is 6.42 Å². The van der Waals surface area contributed by atoms with Gasteiger partial charge in [0.25, 0.3) is 0 Å². The average Bonchev–Trinajstić information content (AvgIpc) is 2.73. The first-order valence-electron chi connectivity index (χ1n) is 7.78. The lowest BCUT2D eigenvalue weighted by molar-refractivity contribution is 0.0381. The molecule has 0 spiro atoms. The van der Waals surface area contributed by atoms with Crippen LogP contribution in [0, 0.1) is 58.2 Å². The molecule has 0 amide bonds. The van der Waals surface area contributed by atoms with Crippen molar-refractivity contribution in [2.45, 2.75) is 6.42 Å². The second-order valence-electron chi connectivity index (χ2n) is 5.52. The van der Waals surface area contributed by atoms with Crippen LogP contribution >= 0.6 is 0 Å². The molecule has 0 radical (unpaired) electrons. The molecule has 14 heteroatoms. The van der Waals surface area contributed by atoms with Crippen LogP contribution in [0.25, 0.3) is 0 Å². The quantitative estimate of drug-likeness (QED) is 0.208. The van der Waals surface area contributed by atoms with Crippen molar-refractivity contribution in [1.29, 1.82) is 0 Å². The van der Waals surface area contributed by atoms with Crippen molar-refractivity contribution in [2.24, 2.45) is 0 Å². The van der Waals surface area contributed by atoms with Gasteiger partial charge in [-0.1, -0.05) is 0 Å². The molecule has 0 N–H and O–H groups in total. The van der Waals surface area contributed by atoms with Gasteiger partial charge in [-0.25, -0.2) is 53.5 Å². The molecule has 0 saturated heterocycles. The smallest absolute Gasteiger partial charge is 0.344 e. The number of carbonyl (C=O) groups is 2. The van der Waals surface area contributed by atoms with Crippen molar-refractivity contribution in [3.63, 3.8) is 0 Å². The van der Waals surface area contributed by atoms with Gasteiger partial charge in [-0.15, -0.1) is 0 Å². The molecule has 2 aromatic rings. The van der Waals surface area contributed by atoms with Crippen molar-refractivity contribution in [3.05, 3.63) is 69.3 Å². The van der Waals surface area contributed by atoms with E-state index in [2.05, 4.69) is 9.47 Å². The molecule has 0 unspecified atom stereocenters. The topological polar surface area (TPSA) is 52.6 Å². The van der Waals surface area contributed by atoms with E-state index in [0.29, 0.717) is 0 Å². The Bertz CT molecular complexity index is 928. The number of rotatable bonds is 6. The maximum absolute atomic E-state index is 13.4. The van der Waals surface area contributed by atoms with E-state index in [1.165, 1.54) is 0 Å². The molecule has 31 heavy (non-hydrogen) atoms. The third kappa shape index (κ3) is 4.41. The van der Waals surface area contributed by atoms with E-state index >= 15 is 0 Å². The standard InChI is InChI=1S/C17H6F10O4/c18-6-4(7(19)11(23)14(26)10(6)22)16(28)30-2-1-3-31-17(29)5-8(20)12(24)15(27)13(25)9(5)21/h1-3H2. The average molecular weight is 464 g/mol. The molecule has 4 nitrogen and oxygen atoms in total. The van der Waals surface area contributed by atoms with Gasteiger partial charge in [-0.2, -0.15) is 0 Å². The zero-order chi connectivity index (χ0) is 23.6. The summed E-state index contributed by atoms with van der Waals surface area (Å²) in [5.74, 6) is -28.4. The maximum atomic E-state index is 13.4. The van der Waals surface area contributed by atoms with Crippen LogP contribution in [0.3, 0.4) is 0 Å². The summed E-state index contributed by atoms with van der Waals surface area (Å²) in [4.78, 5) is 23.1. The van der Waals surface area contributed by atoms with Gasteiger partial charge >= 0.3 is 11.9 Å². The summed E-state index contributed by atoms with van der Waals surface area (Å²) in [5, 5.41) is 0. The molecule has 168 valence electrons. The lowest BCUT2D eigenvalue weighted by Crippen LogP contribution is -2.18. The molecule has 0 saturated carbocycles. The minimum atomic E-state index is -2.51. The second kappa shape index (κ2) is 9.22. The Hall–Kier alpha value is -3.32. The van der Waals surface area contributed by atoms with E-state index in [1.807, 2.05) is 0 Å². The minimum absolute atomic E-state index is 0.553. The highest BCUT2D eigenvalue weighted by Crippen LogP contribution is 2.25. The SMILES string of the molecule is O=C(OCCCOC(=O)c1c(F)c(F)c(F)c(F)c1F)c1c(F)c(F)c(F)c(F)c1F. The van der Waals surface area contributed by atoms with Crippen LogP contribution in [-0.4, -0.2) is 25.2 Å². The van der Waals surface area contributed by atoms with Crippen LogP contribution < -0.4 is 0 Å². The van der Waals surface area contributed by atoms with Crippen LogP contribution in [0.15, 0.2) is 0 Å². The fourth-order valence-corrected chi connectivity index (χ4v) is 2.10. The van der Waals surface area contributed by atoms with Crippen LogP contribution in [0.2, 0.25) is 0 Å². The highest BCUT2D eigenvalue weighted by atomic mass is 19.2. The highest BCUT2D eigenvalue weighted by molar-refractivity contribution is 5.90. The number of hydrogen-bond acceptors (Lipinski definition) is 4. The zero-order valence-electron chi connectivity index (χ0n) is 14.5. The second-order valence-corrected chi connectivity index (χ2v) is 5.52. The fraction of sp³-hybridized carbons (Fsp3) is 0.176. The Morgan fingerprint density at radius 3 is 0.935 bits per heavy atom. The molecule has 0 heterocycles. The summed E-state index contributed by atoms with van der Waals surface area (Å²) in [6.07, 6.45) is -0.553. The summed E-state index contributed by atoms with van der Waals surface area (Å²) in [6.45, 7) is -1.72. The van der Waals surface area contributed by atoms with Crippen molar-refractivity contribution < 1.29 is 63.0 Å². The molecular weight excluding hydrogens is 458 g/mol. The van der Waals surface area contributed by atoms with Gasteiger partial charge in [0.2, 0.25) is 11.6 Å². The van der Waals surface area contributed by atoms with Crippen LogP contribution in [0.1, 0.15) is 27.1 Å². The minimum Gasteiger partial charge on any atom is -0.462 e. The number of halogens is 10. The Balaban J connectivity index is 1.99. The normalized spacial score (nSPS) is 10.9. The van der Waals surface area contributed by atoms with E-state index in [1.54, 1.807) is 0 Å².